The molecule has 0 N–H and O–H groups in total. The van der Waals surface area contributed by atoms with E-state index in [4.69, 9.17) is 4.74 Å². The molecule has 1 rings (SSSR count). The second-order valence-corrected chi connectivity index (χ2v) is 4.13. The van der Waals surface area contributed by atoms with Crippen LogP contribution in [-0.4, -0.2) is 38.1 Å². The third-order valence-electron chi connectivity index (χ3n) is 2.41. The maximum atomic E-state index is 12.1. The molecule has 0 aromatic heterocycles. The van der Waals surface area contributed by atoms with E-state index in [1.807, 2.05) is 18.9 Å². The van der Waals surface area contributed by atoms with Crippen molar-refractivity contribution in [1.29, 1.82) is 0 Å². The second-order valence-electron chi connectivity index (χ2n) is 4.13. The number of ether oxygens (including phenoxy) is 2. The molecule has 0 saturated carbocycles. The molecular formula is C13H18F3NO2. The van der Waals surface area contributed by atoms with Crippen LogP contribution in [0.5, 0.6) is 5.75 Å². The molecule has 0 aliphatic rings. The molecule has 1 aromatic rings. The van der Waals surface area contributed by atoms with Crippen molar-refractivity contribution in [2.45, 2.75) is 19.8 Å². The first-order valence-electron chi connectivity index (χ1n) is 6.01. The van der Waals surface area contributed by atoms with E-state index in [0.717, 1.165) is 12.1 Å². The fraction of sp³-hybridized carbons (Fsp3) is 0.538. The van der Waals surface area contributed by atoms with Gasteiger partial charge in [0.15, 0.2) is 0 Å². The van der Waals surface area contributed by atoms with Crippen LogP contribution in [0.3, 0.4) is 0 Å². The third-order valence-corrected chi connectivity index (χ3v) is 2.41. The molecule has 0 unspecified atom stereocenters. The van der Waals surface area contributed by atoms with E-state index in [1.165, 1.54) is 12.1 Å². The fourth-order valence-corrected chi connectivity index (χ4v) is 1.60. The minimum Gasteiger partial charge on any atom is -0.406 e. The van der Waals surface area contributed by atoms with E-state index in [2.05, 4.69) is 4.74 Å². The first kappa shape index (κ1) is 15.8. The molecule has 0 atom stereocenters. The topological polar surface area (TPSA) is 21.7 Å². The van der Waals surface area contributed by atoms with Crippen molar-refractivity contribution in [1.82, 2.24) is 4.90 Å². The Morgan fingerprint density at radius 2 is 2.00 bits per heavy atom. The Kier molecular flexibility index (Phi) is 6.11. The Bertz CT molecular complexity index is 382. The second kappa shape index (κ2) is 7.35. The van der Waals surface area contributed by atoms with Gasteiger partial charge in [-0.25, -0.2) is 0 Å². The maximum absolute atomic E-state index is 12.1. The molecule has 0 saturated heterocycles. The highest BCUT2D eigenvalue weighted by Gasteiger charge is 2.31. The van der Waals surface area contributed by atoms with E-state index in [-0.39, 0.29) is 5.75 Å². The van der Waals surface area contributed by atoms with Crippen LogP contribution >= 0.6 is 0 Å². The number of hydrogen-bond acceptors (Lipinski definition) is 3. The van der Waals surface area contributed by atoms with Crippen molar-refractivity contribution in [3.63, 3.8) is 0 Å². The first-order valence-corrected chi connectivity index (χ1v) is 6.01. The summed E-state index contributed by atoms with van der Waals surface area (Å²) in [5, 5.41) is 0. The van der Waals surface area contributed by atoms with Crippen molar-refractivity contribution < 1.29 is 22.6 Å². The van der Waals surface area contributed by atoms with Gasteiger partial charge in [-0.1, -0.05) is 12.1 Å². The molecular weight excluding hydrogens is 259 g/mol. The normalized spacial score (nSPS) is 11.9. The van der Waals surface area contributed by atoms with E-state index in [1.54, 1.807) is 12.1 Å². The number of benzene rings is 1. The van der Waals surface area contributed by atoms with Crippen LogP contribution in [0, 0.1) is 0 Å². The Morgan fingerprint density at radius 3 is 2.63 bits per heavy atom. The minimum absolute atomic E-state index is 0.191. The summed E-state index contributed by atoms with van der Waals surface area (Å²) in [6.07, 6.45) is -4.65. The van der Waals surface area contributed by atoms with E-state index < -0.39 is 6.36 Å². The molecule has 0 aliphatic carbocycles. The summed E-state index contributed by atoms with van der Waals surface area (Å²) in [6.45, 7) is 4.44. The fourth-order valence-electron chi connectivity index (χ4n) is 1.60. The lowest BCUT2D eigenvalue weighted by Crippen LogP contribution is -2.23. The maximum Gasteiger partial charge on any atom is 0.573 e. The van der Waals surface area contributed by atoms with Gasteiger partial charge in [-0.3, -0.25) is 4.90 Å². The van der Waals surface area contributed by atoms with Crippen molar-refractivity contribution in [2.75, 3.05) is 26.8 Å². The molecule has 0 fully saturated rings. The zero-order valence-corrected chi connectivity index (χ0v) is 11.0. The van der Waals surface area contributed by atoms with E-state index in [0.29, 0.717) is 19.8 Å². The van der Waals surface area contributed by atoms with Gasteiger partial charge >= 0.3 is 6.36 Å². The largest absolute Gasteiger partial charge is 0.573 e. The standard InChI is InChI=1S/C13H18F3NO2/c1-3-18-8-7-17(2)10-11-5-4-6-12(9-11)19-13(14,15)16/h4-6,9H,3,7-8,10H2,1-2H3. The zero-order valence-electron chi connectivity index (χ0n) is 11.0. The van der Waals surface area contributed by atoms with Crippen molar-refractivity contribution >= 4 is 0 Å². The smallest absolute Gasteiger partial charge is 0.406 e. The van der Waals surface area contributed by atoms with Crippen LogP contribution in [0.4, 0.5) is 13.2 Å². The first-order chi connectivity index (χ1) is 8.90. The van der Waals surface area contributed by atoms with Crippen molar-refractivity contribution in [3.8, 4) is 5.75 Å². The summed E-state index contributed by atoms with van der Waals surface area (Å²) in [5.74, 6) is -0.191. The Morgan fingerprint density at radius 1 is 1.26 bits per heavy atom. The van der Waals surface area contributed by atoms with Gasteiger partial charge in [0, 0.05) is 19.7 Å². The highest BCUT2D eigenvalue weighted by atomic mass is 19.4. The summed E-state index contributed by atoms with van der Waals surface area (Å²) in [5.41, 5.74) is 0.765. The lowest BCUT2D eigenvalue weighted by molar-refractivity contribution is -0.274. The summed E-state index contributed by atoms with van der Waals surface area (Å²) < 4.78 is 45.4. The molecule has 3 nitrogen and oxygen atoms in total. The zero-order chi connectivity index (χ0) is 14.3. The van der Waals surface area contributed by atoms with Crippen LogP contribution in [0.15, 0.2) is 24.3 Å². The molecule has 19 heavy (non-hydrogen) atoms. The molecule has 0 spiro atoms. The molecule has 0 bridgehead atoms. The Balaban J connectivity index is 2.52. The number of likely N-dealkylation sites (N-methyl/N-ethyl adjacent to an activating group) is 1. The van der Waals surface area contributed by atoms with E-state index in [9.17, 15) is 13.2 Å². The summed E-state index contributed by atoms with van der Waals surface area (Å²) in [4.78, 5) is 1.97. The molecule has 0 aliphatic heterocycles. The molecule has 0 amide bonds. The molecule has 0 heterocycles. The highest BCUT2D eigenvalue weighted by Crippen LogP contribution is 2.23. The third kappa shape index (κ3) is 7.03. The van der Waals surface area contributed by atoms with Gasteiger partial charge in [-0.2, -0.15) is 0 Å². The van der Waals surface area contributed by atoms with Gasteiger partial charge in [0.2, 0.25) is 0 Å². The number of nitrogens with zero attached hydrogens (tertiary/aromatic N) is 1. The van der Waals surface area contributed by atoms with E-state index >= 15 is 0 Å². The Hall–Kier alpha value is -1.27. The van der Waals surface area contributed by atoms with Gasteiger partial charge in [0.25, 0.3) is 0 Å². The molecule has 1 aromatic carbocycles. The van der Waals surface area contributed by atoms with Gasteiger partial charge in [0.05, 0.1) is 6.61 Å². The average molecular weight is 277 g/mol. The SMILES string of the molecule is CCOCCN(C)Cc1cccc(OC(F)(F)F)c1. The van der Waals surface area contributed by atoms with Crippen LogP contribution < -0.4 is 4.74 Å². The number of hydrogen-bond donors (Lipinski definition) is 0. The quantitative estimate of drug-likeness (QED) is 0.715. The highest BCUT2D eigenvalue weighted by molar-refractivity contribution is 5.28. The van der Waals surface area contributed by atoms with Crippen molar-refractivity contribution in [2.24, 2.45) is 0 Å². The molecule has 0 radical (unpaired) electrons. The van der Waals surface area contributed by atoms with Crippen LogP contribution in [0.2, 0.25) is 0 Å². The summed E-state index contributed by atoms with van der Waals surface area (Å²) in [6, 6.07) is 6.00. The minimum atomic E-state index is -4.65. The van der Waals surface area contributed by atoms with Crippen LogP contribution in [0.25, 0.3) is 0 Å². The number of alkyl halides is 3. The van der Waals surface area contributed by atoms with Crippen LogP contribution in [0.1, 0.15) is 12.5 Å². The van der Waals surface area contributed by atoms with Gasteiger partial charge in [-0.15, -0.1) is 13.2 Å². The summed E-state index contributed by atoms with van der Waals surface area (Å²) in [7, 11) is 1.89. The number of rotatable bonds is 7. The predicted molar refractivity (Wildman–Crippen MR) is 66.0 cm³/mol. The summed E-state index contributed by atoms with van der Waals surface area (Å²) >= 11 is 0. The molecule has 6 heteroatoms. The lowest BCUT2D eigenvalue weighted by atomic mass is 10.2. The van der Waals surface area contributed by atoms with Gasteiger partial charge in [0.1, 0.15) is 5.75 Å². The number of halogens is 3. The monoisotopic (exact) mass is 277 g/mol. The average Bonchev–Trinajstić information content (AvgIpc) is 2.27. The Labute approximate surface area is 110 Å². The lowest BCUT2D eigenvalue weighted by Gasteiger charge is -2.17. The van der Waals surface area contributed by atoms with Gasteiger partial charge in [-0.05, 0) is 31.7 Å². The van der Waals surface area contributed by atoms with Crippen LogP contribution in [-0.2, 0) is 11.3 Å². The van der Waals surface area contributed by atoms with Gasteiger partial charge < -0.3 is 9.47 Å². The van der Waals surface area contributed by atoms with Crippen molar-refractivity contribution in [3.05, 3.63) is 29.8 Å². The predicted octanol–water partition coefficient (Wildman–Crippen LogP) is 3.05. The molecule has 108 valence electrons.